The second-order valence-electron chi connectivity index (χ2n) is 5.04. The van der Waals surface area contributed by atoms with Gasteiger partial charge in [-0.2, -0.15) is 0 Å². The third kappa shape index (κ3) is 2.50. The highest BCUT2D eigenvalue weighted by molar-refractivity contribution is 6.24. The molecule has 5 amide bonds. The Labute approximate surface area is 136 Å². The van der Waals surface area contributed by atoms with Crippen LogP contribution in [0.5, 0.6) is 0 Å². The summed E-state index contributed by atoms with van der Waals surface area (Å²) in [6.45, 7) is 0. The highest BCUT2D eigenvalue weighted by Crippen LogP contribution is 2.24. The number of amides is 5. The summed E-state index contributed by atoms with van der Waals surface area (Å²) in [5.74, 6) is -2.50. The summed E-state index contributed by atoms with van der Waals surface area (Å²) in [4.78, 5) is 52.6. The average Bonchev–Trinajstić information content (AvgIpc) is 2.59. The van der Waals surface area contributed by atoms with E-state index in [1.165, 1.54) is 36.7 Å². The summed E-state index contributed by atoms with van der Waals surface area (Å²) in [5, 5.41) is 6.48. The number of aromatic nitrogens is 1. The van der Waals surface area contributed by atoms with Gasteiger partial charge in [-0.25, -0.2) is 4.79 Å². The van der Waals surface area contributed by atoms with Crippen molar-refractivity contribution >= 4 is 23.8 Å². The average molecular weight is 324 g/mol. The Balaban J connectivity index is 2.06. The summed E-state index contributed by atoms with van der Waals surface area (Å²) >= 11 is 0. The molecule has 1 aliphatic heterocycles. The first-order valence-corrected chi connectivity index (χ1v) is 6.99. The summed E-state index contributed by atoms with van der Waals surface area (Å²) in [5.41, 5.74) is -1.59. The molecule has 0 atom stereocenters. The Hall–Kier alpha value is -3.55. The topological polar surface area (TPSA) is 117 Å². The van der Waals surface area contributed by atoms with Crippen molar-refractivity contribution in [2.75, 3.05) is 0 Å². The molecule has 2 heterocycles. The number of benzene rings is 1. The summed E-state index contributed by atoms with van der Waals surface area (Å²) < 4.78 is 0. The molecule has 1 fully saturated rings. The molecule has 3 N–H and O–H groups in total. The number of hydrogen-bond donors (Lipinski definition) is 3. The molecule has 0 radical (unpaired) electrons. The number of hydrogen-bond acceptors (Lipinski definition) is 5. The van der Waals surface area contributed by atoms with Crippen molar-refractivity contribution in [3.63, 3.8) is 0 Å². The van der Waals surface area contributed by atoms with Gasteiger partial charge in [-0.15, -0.1) is 0 Å². The lowest BCUT2D eigenvalue weighted by Gasteiger charge is -2.34. The first-order chi connectivity index (χ1) is 11.5. The van der Waals surface area contributed by atoms with Crippen molar-refractivity contribution in [3.05, 3.63) is 66.0 Å². The lowest BCUT2D eigenvalue weighted by atomic mass is 9.86. The highest BCUT2D eigenvalue weighted by atomic mass is 16.2. The minimum absolute atomic E-state index is 0.220. The molecule has 8 nitrogen and oxygen atoms in total. The molecule has 1 aromatic heterocycles. The molecule has 120 valence electrons. The number of pyridine rings is 1. The number of barbiturate groups is 1. The van der Waals surface area contributed by atoms with Crippen LogP contribution in [-0.2, 0) is 15.1 Å². The molecule has 0 spiro atoms. The Bertz CT molecular complexity index is 800. The van der Waals surface area contributed by atoms with Crippen molar-refractivity contribution in [2.45, 2.75) is 5.54 Å². The third-order valence-electron chi connectivity index (χ3n) is 3.59. The predicted molar refractivity (Wildman–Crippen MR) is 81.5 cm³/mol. The SMILES string of the molecule is O=C1NC(=O)C(NC(=O)c2ccncc2)(c2ccccc2)C(=O)N1. The largest absolute Gasteiger partial charge is 0.328 e. The van der Waals surface area contributed by atoms with Gasteiger partial charge in [-0.05, 0) is 17.7 Å². The van der Waals surface area contributed by atoms with E-state index in [2.05, 4.69) is 10.3 Å². The number of urea groups is 1. The number of imide groups is 2. The zero-order valence-corrected chi connectivity index (χ0v) is 12.3. The molecule has 0 bridgehead atoms. The fourth-order valence-corrected chi connectivity index (χ4v) is 2.41. The van der Waals surface area contributed by atoms with Gasteiger partial charge in [0.15, 0.2) is 0 Å². The highest BCUT2D eigenvalue weighted by Gasteiger charge is 2.53. The van der Waals surface area contributed by atoms with E-state index in [-0.39, 0.29) is 11.1 Å². The van der Waals surface area contributed by atoms with E-state index in [0.29, 0.717) is 0 Å². The molecule has 1 saturated heterocycles. The van der Waals surface area contributed by atoms with Crippen LogP contribution in [0, 0.1) is 0 Å². The quantitative estimate of drug-likeness (QED) is 0.691. The molecule has 8 heteroatoms. The molecule has 3 rings (SSSR count). The van der Waals surface area contributed by atoms with Gasteiger partial charge in [0.1, 0.15) is 0 Å². The van der Waals surface area contributed by atoms with Crippen LogP contribution >= 0.6 is 0 Å². The minimum Gasteiger partial charge on any atom is -0.326 e. The Kier molecular flexibility index (Phi) is 3.78. The Morgan fingerprint density at radius 3 is 2.08 bits per heavy atom. The number of nitrogens with one attached hydrogen (secondary N) is 3. The van der Waals surface area contributed by atoms with Crippen molar-refractivity contribution in [3.8, 4) is 0 Å². The summed E-state index contributed by atoms with van der Waals surface area (Å²) in [7, 11) is 0. The standard InChI is InChI=1S/C16H12N4O4/c21-12(10-6-8-17-9-7-10)20-16(11-4-2-1-3-5-11)13(22)18-15(24)19-14(16)23/h1-9H,(H,20,21)(H2,18,19,22,23,24). The number of nitrogens with zero attached hydrogens (tertiary/aromatic N) is 1. The van der Waals surface area contributed by atoms with Crippen LogP contribution in [-0.4, -0.2) is 28.7 Å². The van der Waals surface area contributed by atoms with Gasteiger partial charge in [0, 0.05) is 18.0 Å². The minimum atomic E-state index is -2.05. The smallest absolute Gasteiger partial charge is 0.326 e. The fourth-order valence-electron chi connectivity index (χ4n) is 2.41. The van der Waals surface area contributed by atoms with Crippen LogP contribution in [0.25, 0.3) is 0 Å². The van der Waals surface area contributed by atoms with Gasteiger partial charge in [0.2, 0.25) is 5.54 Å². The normalized spacial score (nSPS) is 16.1. The lowest BCUT2D eigenvalue weighted by molar-refractivity contribution is -0.139. The number of carbonyl (C=O) groups excluding carboxylic acids is 4. The Morgan fingerprint density at radius 2 is 1.50 bits per heavy atom. The van der Waals surface area contributed by atoms with E-state index in [0.717, 1.165) is 0 Å². The van der Waals surface area contributed by atoms with Gasteiger partial charge >= 0.3 is 6.03 Å². The van der Waals surface area contributed by atoms with Crippen LogP contribution in [0.1, 0.15) is 15.9 Å². The molecule has 0 aliphatic carbocycles. The second kappa shape index (κ2) is 5.92. The predicted octanol–water partition coefficient (Wildman–Crippen LogP) is 0.0729. The van der Waals surface area contributed by atoms with Crippen LogP contribution in [0.3, 0.4) is 0 Å². The van der Waals surface area contributed by atoms with Crippen LogP contribution in [0.2, 0.25) is 0 Å². The molecule has 0 saturated carbocycles. The zero-order chi connectivity index (χ0) is 17.2. The van der Waals surface area contributed by atoms with Gasteiger partial charge in [-0.3, -0.25) is 30.0 Å². The van der Waals surface area contributed by atoms with Gasteiger partial charge in [0.25, 0.3) is 17.7 Å². The van der Waals surface area contributed by atoms with Gasteiger partial charge in [0.05, 0.1) is 0 Å². The third-order valence-corrected chi connectivity index (χ3v) is 3.59. The lowest BCUT2D eigenvalue weighted by Crippen LogP contribution is -2.71. The van der Waals surface area contributed by atoms with Crippen LogP contribution in [0.15, 0.2) is 54.9 Å². The fraction of sp³-hybridized carbons (Fsp3) is 0.0625. The molecule has 1 aliphatic rings. The van der Waals surface area contributed by atoms with Crippen LogP contribution in [0.4, 0.5) is 4.79 Å². The maximum Gasteiger partial charge on any atom is 0.328 e. The maximum atomic E-state index is 12.5. The summed E-state index contributed by atoms with van der Waals surface area (Å²) in [6, 6.07) is 9.92. The molecule has 1 aromatic carbocycles. The molecule has 24 heavy (non-hydrogen) atoms. The number of rotatable bonds is 3. The maximum absolute atomic E-state index is 12.5. The second-order valence-corrected chi connectivity index (χ2v) is 5.04. The van der Waals surface area contributed by atoms with Crippen molar-refractivity contribution in [1.82, 2.24) is 20.9 Å². The first kappa shape index (κ1) is 15.3. The van der Waals surface area contributed by atoms with Gasteiger partial charge < -0.3 is 5.32 Å². The van der Waals surface area contributed by atoms with Gasteiger partial charge in [-0.1, -0.05) is 30.3 Å². The molecule has 0 unspecified atom stereocenters. The van der Waals surface area contributed by atoms with Crippen LogP contribution < -0.4 is 16.0 Å². The Morgan fingerprint density at radius 1 is 0.917 bits per heavy atom. The van der Waals surface area contributed by atoms with E-state index in [1.807, 2.05) is 10.6 Å². The van der Waals surface area contributed by atoms with Crippen molar-refractivity contribution in [2.24, 2.45) is 0 Å². The van der Waals surface area contributed by atoms with Crippen molar-refractivity contribution < 1.29 is 19.2 Å². The van der Waals surface area contributed by atoms with E-state index in [9.17, 15) is 19.2 Å². The summed E-state index contributed by atoms with van der Waals surface area (Å²) in [6.07, 6.45) is 2.82. The molecular formula is C16H12N4O4. The zero-order valence-electron chi connectivity index (χ0n) is 12.3. The monoisotopic (exact) mass is 324 g/mol. The van der Waals surface area contributed by atoms with E-state index in [1.54, 1.807) is 18.2 Å². The molecular weight excluding hydrogens is 312 g/mol. The number of carbonyl (C=O) groups is 4. The van der Waals surface area contributed by atoms with E-state index in [4.69, 9.17) is 0 Å². The van der Waals surface area contributed by atoms with E-state index >= 15 is 0 Å². The first-order valence-electron chi connectivity index (χ1n) is 6.99. The van der Waals surface area contributed by atoms with Crippen molar-refractivity contribution in [1.29, 1.82) is 0 Å². The van der Waals surface area contributed by atoms with E-state index < -0.39 is 29.3 Å². The molecule has 2 aromatic rings.